The van der Waals surface area contributed by atoms with Gasteiger partial charge in [-0.1, -0.05) is 0 Å². The van der Waals surface area contributed by atoms with Gasteiger partial charge in [-0.25, -0.2) is 8.78 Å². The topological polar surface area (TPSA) is 15.3 Å². The van der Waals surface area contributed by atoms with Crippen LogP contribution in [0.2, 0.25) is 0 Å². The summed E-state index contributed by atoms with van der Waals surface area (Å²) in [4.78, 5) is 2.06. The number of halogens is 4. The van der Waals surface area contributed by atoms with Crippen LogP contribution in [0.4, 0.5) is 8.78 Å². The Morgan fingerprint density at radius 3 is 2.80 bits per heavy atom. The van der Waals surface area contributed by atoms with Crippen molar-refractivity contribution in [2.45, 2.75) is 31.8 Å². The van der Waals surface area contributed by atoms with Crippen LogP contribution in [0.5, 0.6) is 0 Å². The molecule has 1 atom stereocenters. The van der Waals surface area contributed by atoms with Gasteiger partial charge in [-0.15, -0.1) is 12.4 Å². The second-order valence-electron chi connectivity index (χ2n) is 5.07. The van der Waals surface area contributed by atoms with Crippen molar-refractivity contribution in [2.24, 2.45) is 0 Å². The molecule has 1 aliphatic heterocycles. The zero-order chi connectivity index (χ0) is 13.8. The van der Waals surface area contributed by atoms with E-state index in [-0.39, 0.29) is 18.0 Å². The standard InChI is InChI=1S/C14H19BrF2N2.ClH/c1-19(10-3-2-7-18-8-6-10)9-11-13(16)5-4-12(15)14(11)17;/h4-5,10,18H,2-3,6-9H2,1H3;1H. The smallest absolute Gasteiger partial charge is 0.144 e. The maximum absolute atomic E-state index is 13.9. The molecular formula is C14H20BrClF2N2. The third kappa shape index (κ3) is 4.38. The van der Waals surface area contributed by atoms with Crippen molar-refractivity contribution in [3.05, 3.63) is 33.8 Å². The number of hydrogen-bond acceptors (Lipinski definition) is 2. The molecule has 114 valence electrons. The molecule has 6 heteroatoms. The quantitative estimate of drug-likeness (QED) is 0.817. The fourth-order valence-corrected chi connectivity index (χ4v) is 2.91. The zero-order valence-corrected chi connectivity index (χ0v) is 13.9. The molecule has 20 heavy (non-hydrogen) atoms. The molecule has 0 amide bonds. The lowest BCUT2D eigenvalue weighted by Crippen LogP contribution is -2.32. The fraction of sp³-hybridized carbons (Fsp3) is 0.571. The van der Waals surface area contributed by atoms with E-state index in [2.05, 4.69) is 26.1 Å². The van der Waals surface area contributed by atoms with Gasteiger partial charge in [0, 0.05) is 18.2 Å². The molecule has 1 N–H and O–H groups in total. The molecule has 1 unspecified atom stereocenters. The van der Waals surface area contributed by atoms with E-state index in [1.165, 1.54) is 12.1 Å². The molecule has 0 aromatic heterocycles. The Kier molecular flexibility index (Phi) is 7.37. The monoisotopic (exact) mass is 368 g/mol. The normalized spacial score (nSPS) is 19.6. The molecule has 0 aliphatic carbocycles. The van der Waals surface area contributed by atoms with Gasteiger partial charge in [0.15, 0.2) is 0 Å². The largest absolute Gasteiger partial charge is 0.317 e. The van der Waals surface area contributed by atoms with Crippen LogP contribution in [0.3, 0.4) is 0 Å². The summed E-state index contributed by atoms with van der Waals surface area (Å²) in [5.41, 5.74) is 0.147. The number of nitrogens with one attached hydrogen (secondary N) is 1. The lowest BCUT2D eigenvalue weighted by molar-refractivity contribution is 0.211. The highest BCUT2D eigenvalue weighted by atomic mass is 79.9. The van der Waals surface area contributed by atoms with Crippen molar-refractivity contribution in [3.63, 3.8) is 0 Å². The van der Waals surface area contributed by atoms with Crippen molar-refractivity contribution in [1.82, 2.24) is 10.2 Å². The second-order valence-corrected chi connectivity index (χ2v) is 5.93. The molecule has 2 rings (SSSR count). The van der Waals surface area contributed by atoms with Crippen molar-refractivity contribution in [3.8, 4) is 0 Å². The summed E-state index contributed by atoms with van der Waals surface area (Å²) in [6.07, 6.45) is 3.20. The first-order valence-corrected chi connectivity index (χ1v) is 7.42. The molecular weight excluding hydrogens is 350 g/mol. The van der Waals surface area contributed by atoms with Crippen LogP contribution in [0, 0.1) is 11.6 Å². The molecule has 1 heterocycles. The summed E-state index contributed by atoms with van der Waals surface area (Å²) >= 11 is 3.11. The number of rotatable bonds is 3. The number of hydrogen-bond donors (Lipinski definition) is 1. The van der Waals surface area contributed by atoms with Crippen molar-refractivity contribution in [1.29, 1.82) is 0 Å². The average molecular weight is 370 g/mol. The van der Waals surface area contributed by atoms with E-state index >= 15 is 0 Å². The van der Waals surface area contributed by atoms with Crippen LogP contribution in [0.1, 0.15) is 24.8 Å². The minimum Gasteiger partial charge on any atom is -0.317 e. The Morgan fingerprint density at radius 2 is 2.05 bits per heavy atom. The van der Waals surface area contributed by atoms with Gasteiger partial charge in [-0.2, -0.15) is 0 Å². The Labute approximate surface area is 133 Å². The van der Waals surface area contributed by atoms with Crippen LogP contribution in [-0.4, -0.2) is 31.1 Å². The molecule has 2 nitrogen and oxygen atoms in total. The van der Waals surface area contributed by atoms with Gasteiger partial charge >= 0.3 is 0 Å². The van der Waals surface area contributed by atoms with Crippen LogP contribution < -0.4 is 5.32 Å². The summed E-state index contributed by atoms with van der Waals surface area (Å²) in [7, 11) is 1.94. The van der Waals surface area contributed by atoms with Gasteiger partial charge in [0.2, 0.25) is 0 Å². The Hall–Kier alpha value is -0.230. The SMILES string of the molecule is CN(Cc1c(F)ccc(Br)c1F)C1CCCNCC1.Cl. The molecule has 1 saturated heterocycles. The average Bonchev–Trinajstić information content (AvgIpc) is 2.68. The zero-order valence-electron chi connectivity index (χ0n) is 11.5. The van der Waals surface area contributed by atoms with Crippen LogP contribution in [0.15, 0.2) is 16.6 Å². The minimum atomic E-state index is -0.487. The first-order chi connectivity index (χ1) is 9.09. The fourth-order valence-electron chi connectivity index (χ4n) is 2.53. The highest BCUT2D eigenvalue weighted by Crippen LogP contribution is 2.24. The van der Waals surface area contributed by atoms with Crippen molar-refractivity contribution in [2.75, 3.05) is 20.1 Å². The van der Waals surface area contributed by atoms with Crippen LogP contribution in [-0.2, 0) is 6.54 Å². The first-order valence-electron chi connectivity index (χ1n) is 6.63. The molecule has 1 aromatic carbocycles. The van der Waals surface area contributed by atoms with Crippen molar-refractivity contribution < 1.29 is 8.78 Å². The third-order valence-electron chi connectivity index (χ3n) is 3.72. The van der Waals surface area contributed by atoms with Crippen molar-refractivity contribution >= 4 is 28.3 Å². The van der Waals surface area contributed by atoms with Gasteiger partial charge in [-0.3, -0.25) is 4.90 Å². The maximum atomic E-state index is 13.9. The lowest BCUT2D eigenvalue weighted by Gasteiger charge is -2.27. The number of nitrogens with zero attached hydrogens (tertiary/aromatic N) is 1. The molecule has 0 radical (unpaired) electrons. The Bertz CT molecular complexity index is 437. The van der Waals surface area contributed by atoms with E-state index in [0.717, 1.165) is 32.4 Å². The summed E-state index contributed by atoms with van der Waals surface area (Å²) in [6.45, 7) is 2.31. The first kappa shape index (κ1) is 17.8. The molecule has 0 saturated carbocycles. The lowest BCUT2D eigenvalue weighted by atomic mass is 10.1. The van der Waals surface area contributed by atoms with Gasteiger partial charge < -0.3 is 5.32 Å². The van der Waals surface area contributed by atoms with E-state index in [9.17, 15) is 8.78 Å². The van der Waals surface area contributed by atoms with Gasteiger partial charge in [0.1, 0.15) is 11.6 Å². The van der Waals surface area contributed by atoms with Gasteiger partial charge in [-0.05, 0) is 67.5 Å². The van der Waals surface area contributed by atoms with E-state index in [1.807, 2.05) is 7.05 Å². The predicted octanol–water partition coefficient (Wildman–Crippen LogP) is 3.72. The molecule has 0 spiro atoms. The van der Waals surface area contributed by atoms with E-state index < -0.39 is 11.6 Å². The Morgan fingerprint density at radius 1 is 1.30 bits per heavy atom. The highest BCUT2D eigenvalue weighted by Gasteiger charge is 2.20. The number of benzene rings is 1. The third-order valence-corrected chi connectivity index (χ3v) is 4.33. The predicted molar refractivity (Wildman–Crippen MR) is 83.3 cm³/mol. The van der Waals surface area contributed by atoms with E-state index in [4.69, 9.17) is 0 Å². The molecule has 1 aromatic rings. The van der Waals surface area contributed by atoms with Gasteiger partial charge in [0.25, 0.3) is 0 Å². The summed E-state index contributed by atoms with van der Waals surface area (Å²) in [6, 6.07) is 3.10. The highest BCUT2D eigenvalue weighted by molar-refractivity contribution is 9.10. The molecule has 1 aliphatic rings. The minimum absolute atomic E-state index is 0. The second kappa shape index (κ2) is 8.27. The maximum Gasteiger partial charge on any atom is 0.144 e. The summed E-state index contributed by atoms with van der Waals surface area (Å²) in [5.74, 6) is -0.960. The molecule has 0 bridgehead atoms. The van der Waals surface area contributed by atoms with Crippen LogP contribution in [0.25, 0.3) is 0 Å². The summed E-state index contributed by atoms with van der Waals surface area (Å²) < 4.78 is 28.0. The van der Waals surface area contributed by atoms with Gasteiger partial charge in [0.05, 0.1) is 4.47 Å². The van der Waals surface area contributed by atoms with E-state index in [0.29, 0.717) is 17.1 Å². The Balaban J connectivity index is 0.00000200. The summed E-state index contributed by atoms with van der Waals surface area (Å²) in [5, 5.41) is 3.35. The van der Waals surface area contributed by atoms with Crippen LogP contribution >= 0.6 is 28.3 Å². The molecule has 1 fully saturated rings. The van der Waals surface area contributed by atoms with E-state index in [1.54, 1.807) is 0 Å².